The van der Waals surface area contributed by atoms with Gasteiger partial charge in [0.15, 0.2) is 0 Å². The molecule has 4 nitrogen and oxygen atoms in total. The number of nitrogens with two attached hydrogens (primary N) is 1. The molecule has 3 N–H and O–H groups in total. The van der Waals surface area contributed by atoms with E-state index < -0.39 is 0 Å². The first-order chi connectivity index (χ1) is 9.22. The first-order valence-electron chi connectivity index (χ1n) is 7.18. The number of nitrogens with zero attached hydrogens (tertiary/aromatic N) is 1. The third-order valence-corrected chi connectivity index (χ3v) is 3.74. The van der Waals surface area contributed by atoms with E-state index in [-0.39, 0.29) is 0 Å². The maximum atomic E-state index is 5.71. The van der Waals surface area contributed by atoms with Gasteiger partial charge < -0.3 is 20.3 Å². The van der Waals surface area contributed by atoms with Crippen LogP contribution in [0, 0.1) is 0 Å². The van der Waals surface area contributed by atoms with Crippen LogP contribution in [0.5, 0.6) is 5.75 Å². The van der Waals surface area contributed by atoms with E-state index in [4.69, 9.17) is 10.5 Å². The molecule has 0 amide bonds. The van der Waals surface area contributed by atoms with Gasteiger partial charge in [-0.05, 0) is 25.1 Å². The summed E-state index contributed by atoms with van der Waals surface area (Å²) in [4.78, 5) is 0. The van der Waals surface area contributed by atoms with Crippen LogP contribution in [0.15, 0.2) is 24.3 Å². The molecule has 0 bridgehead atoms. The summed E-state index contributed by atoms with van der Waals surface area (Å²) in [7, 11) is 2.34. The van der Waals surface area contributed by atoms with Gasteiger partial charge >= 0.3 is 0 Å². The Balaban J connectivity index is 1.94. The Hall–Kier alpha value is -1.10. The summed E-state index contributed by atoms with van der Waals surface area (Å²) in [6.45, 7) is 7.08. The number of rotatable bonds is 6. The molecule has 1 heterocycles. The fourth-order valence-electron chi connectivity index (χ4n) is 2.54. The van der Waals surface area contributed by atoms with Gasteiger partial charge in [-0.25, -0.2) is 0 Å². The van der Waals surface area contributed by atoms with E-state index in [9.17, 15) is 0 Å². The fourth-order valence-corrected chi connectivity index (χ4v) is 2.54. The van der Waals surface area contributed by atoms with Gasteiger partial charge in [0, 0.05) is 18.7 Å². The van der Waals surface area contributed by atoms with Crippen molar-refractivity contribution in [2.75, 3.05) is 46.4 Å². The smallest absolute Gasteiger partial charge is 0.119 e. The number of ether oxygens (including phenoxy) is 1. The highest BCUT2D eigenvalue weighted by Gasteiger charge is 2.24. The lowest BCUT2D eigenvalue weighted by molar-refractivity contribution is -0.924. The van der Waals surface area contributed by atoms with Gasteiger partial charge in [0.1, 0.15) is 12.3 Å². The van der Waals surface area contributed by atoms with Crippen molar-refractivity contribution in [1.82, 2.24) is 5.32 Å². The van der Waals surface area contributed by atoms with Crippen LogP contribution in [0.3, 0.4) is 0 Å². The first-order valence-corrected chi connectivity index (χ1v) is 7.18. The van der Waals surface area contributed by atoms with Crippen LogP contribution in [0.25, 0.3) is 0 Å². The molecule has 0 atom stereocenters. The SMILES string of the molecule is C[N+]1(Cc2cccc(OCCCN)c2)CCNCC1. The second-order valence-electron chi connectivity index (χ2n) is 5.61. The highest BCUT2D eigenvalue weighted by Crippen LogP contribution is 2.18. The highest BCUT2D eigenvalue weighted by atomic mass is 16.5. The molecular formula is C15H26N3O+. The standard InChI is InChI=1S/C15H26N3O/c1-18(9-7-17-8-10-18)13-14-4-2-5-15(12-14)19-11-3-6-16/h2,4-5,12,17H,3,6-11,13,16H2,1H3/q+1. The Kier molecular flexibility index (Phi) is 5.19. The Labute approximate surface area is 116 Å². The molecular weight excluding hydrogens is 238 g/mol. The van der Waals surface area contributed by atoms with Crippen LogP contribution in [-0.2, 0) is 6.54 Å². The molecule has 1 aliphatic rings. The Morgan fingerprint density at radius 1 is 1.32 bits per heavy atom. The van der Waals surface area contributed by atoms with Crippen LogP contribution in [0.4, 0.5) is 0 Å². The largest absolute Gasteiger partial charge is 0.494 e. The lowest BCUT2D eigenvalue weighted by Crippen LogP contribution is -2.55. The maximum Gasteiger partial charge on any atom is 0.119 e. The summed E-state index contributed by atoms with van der Waals surface area (Å²) >= 11 is 0. The molecule has 1 aromatic carbocycles. The van der Waals surface area contributed by atoms with Gasteiger partial charge in [0.2, 0.25) is 0 Å². The van der Waals surface area contributed by atoms with Gasteiger partial charge in [0.25, 0.3) is 0 Å². The number of nitrogens with one attached hydrogen (secondary N) is 1. The minimum Gasteiger partial charge on any atom is -0.494 e. The van der Waals surface area contributed by atoms with E-state index in [1.54, 1.807) is 0 Å². The molecule has 19 heavy (non-hydrogen) atoms. The molecule has 0 aliphatic carbocycles. The normalized spacial score (nSPS) is 18.2. The molecule has 0 spiro atoms. The summed E-state index contributed by atoms with van der Waals surface area (Å²) in [5.74, 6) is 0.965. The molecule has 1 saturated heterocycles. The third-order valence-electron chi connectivity index (χ3n) is 3.74. The number of benzene rings is 1. The number of quaternary nitrogens is 1. The van der Waals surface area contributed by atoms with E-state index in [2.05, 4.69) is 30.6 Å². The molecule has 0 unspecified atom stereocenters. The monoisotopic (exact) mass is 264 g/mol. The summed E-state index contributed by atoms with van der Waals surface area (Å²) in [6.07, 6.45) is 0.906. The minimum atomic E-state index is 0.682. The zero-order chi connectivity index (χ0) is 13.6. The Bertz CT molecular complexity index is 389. The fraction of sp³-hybridized carbons (Fsp3) is 0.600. The second-order valence-corrected chi connectivity index (χ2v) is 5.61. The van der Waals surface area contributed by atoms with Crippen LogP contribution in [-0.4, -0.2) is 50.9 Å². The summed E-state index contributed by atoms with van der Waals surface area (Å²) in [5, 5.41) is 3.42. The number of hydrogen-bond donors (Lipinski definition) is 2. The van der Waals surface area contributed by atoms with Crippen LogP contribution in [0.2, 0.25) is 0 Å². The van der Waals surface area contributed by atoms with E-state index in [0.717, 1.165) is 36.3 Å². The lowest BCUT2D eigenvalue weighted by Gasteiger charge is -2.38. The van der Waals surface area contributed by atoms with Crippen LogP contribution in [0.1, 0.15) is 12.0 Å². The topological polar surface area (TPSA) is 47.3 Å². The maximum absolute atomic E-state index is 5.71. The average Bonchev–Trinajstić information content (AvgIpc) is 2.40. The Morgan fingerprint density at radius 3 is 2.84 bits per heavy atom. The van der Waals surface area contributed by atoms with Gasteiger partial charge in [-0.2, -0.15) is 0 Å². The quantitative estimate of drug-likeness (QED) is 0.594. The molecule has 106 valence electrons. The van der Waals surface area contributed by atoms with Crippen LogP contribution < -0.4 is 15.8 Å². The summed E-state index contributed by atoms with van der Waals surface area (Å²) < 4.78 is 6.82. The molecule has 1 aromatic rings. The molecule has 0 radical (unpaired) electrons. The van der Waals surface area contributed by atoms with Crippen LogP contribution >= 0.6 is 0 Å². The average molecular weight is 264 g/mol. The predicted molar refractivity (Wildman–Crippen MR) is 78.1 cm³/mol. The van der Waals surface area contributed by atoms with Crippen molar-refractivity contribution in [3.05, 3.63) is 29.8 Å². The predicted octanol–water partition coefficient (Wildman–Crippen LogP) is 0.964. The highest BCUT2D eigenvalue weighted by molar-refractivity contribution is 5.28. The van der Waals surface area contributed by atoms with E-state index >= 15 is 0 Å². The molecule has 1 fully saturated rings. The van der Waals surface area contributed by atoms with Gasteiger partial charge in [0.05, 0.1) is 26.7 Å². The molecule has 4 heteroatoms. The zero-order valence-corrected chi connectivity index (χ0v) is 11.9. The number of likely N-dealkylation sites (N-methyl/N-ethyl adjacent to an activating group) is 1. The number of hydrogen-bond acceptors (Lipinski definition) is 3. The van der Waals surface area contributed by atoms with Crippen molar-refractivity contribution in [3.63, 3.8) is 0 Å². The van der Waals surface area contributed by atoms with Crippen molar-refractivity contribution in [3.8, 4) is 5.75 Å². The minimum absolute atomic E-state index is 0.682. The van der Waals surface area contributed by atoms with Gasteiger partial charge in [-0.15, -0.1) is 0 Å². The first kappa shape index (κ1) is 14.3. The molecule has 2 rings (SSSR count). The molecule has 1 aliphatic heterocycles. The second kappa shape index (κ2) is 6.89. The van der Waals surface area contributed by atoms with Crippen molar-refractivity contribution >= 4 is 0 Å². The molecule has 0 saturated carbocycles. The van der Waals surface area contributed by atoms with Crippen molar-refractivity contribution in [2.45, 2.75) is 13.0 Å². The van der Waals surface area contributed by atoms with E-state index in [1.165, 1.54) is 18.7 Å². The van der Waals surface area contributed by atoms with Gasteiger partial charge in [-0.3, -0.25) is 0 Å². The van der Waals surface area contributed by atoms with Crippen molar-refractivity contribution < 1.29 is 9.22 Å². The number of piperazine rings is 1. The zero-order valence-electron chi connectivity index (χ0n) is 11.9. The van der Waals surface area contributed by atoms with E-state index in [1.807, 2.05) is 6.07 Å². The lowest BCUT2D eigenvalue weighted by atomic mass is 10.1. The molecule has 0 aromatic heterocycles. The third kappa shape index (κ3) is 4.49. The Morgan fingerprint density at radius 2 is 2.11 bits per heavy atom. The van der Waals surface area contributed by atoms with Crippen molar-refractivity contribution in [1.29, 1.82) is 0 Å². The van der Waals surface area contributed by atoms with Gasteiger partial charge in [-0.1, -0.05) is 12.1 Å². The van der Waals surface area contributed by atoms with E-state index in [0.29, 0.717) is 13.2 Å². The summed E-state index contributed by atoms with van der Waals surface area (Å²) in [5.41, 5.74) is 6.83. The summed E-state index contributed by atoms with van der Waals surface area (Å²) in [6, 6.07) is 8.47. The van der Waals surface area contributed by atoms with Crippen molar-refractivity contribution in [2.24, 2.45) is 5.73 Å².